The molecule has 0 spiro atoms. The molecule has 0 saturated carbocycles. The quantitative estimate of drug-likeness (QED) is 0.804. The Morgan fingerprint density at radius 1 is 1.30 bits per heavy atom. The van der Waals surface area contributed by atoms with E-state index in [4.69, 9.17) is 4.74 Å². The van der Waals surface area contributed by atoms with Gasteiger partial charge in [0.25, 0.3) is 5.91 Å². The molecule has 0 heterocycles. The van der Waals surface area contributed by atoms with Crippen LogP contribution in [0.4, 0.5) is 13.2 Å². The number of hydrogen-bond donors (Lipinski definition) is 2. The Bertz CT molecular complexity index is 547. The van der Waals surface area contributed by atoms with E-state index in [0.29, 0.717) is 6.54 Å². The lowest BCUT2D eigenvalue weighted by molar-refractivity contribution is -0.137. The second kappa shape index (κ2) is 8.40. The lowest BCUT2D eigenvalue weighted by Gasteiger charge is -2.14. The van der Waals surface area contributed by atoms with Crippen molar-refractivity contribution in [3.05, 3.63) is 29.8 Å². The number of carbonyl (C=O) groups excluding carboxylic acids is 2. The summed E-state index contributed by atoms with van der Waals surface area (Å²) in [6.45, 7) is 3.42. The molecular weight excluding hydrogens is 313 g/mol. The van der Waals surface area contributed by atoms with Gasteiger partial charge in [0.1, 0.15) is 11.8 Å². The van der Waals surface area contributed by atoms with Gasteiger partial charge in [0.05, 0.1) is 5.56 Å². The Balaban J connectivity index is 2.49. The fraction of sp³-hybridized carbons (Fsp3) is 0.467. The van der Waals surface area contributed by atoms with E-state index in [1.54, 1.807) is 0 Å². The van der Waals surface area contributed by atoms with Crippen LogP contribution in [-0.4, -0.2) is 31.0 Å². The Morgan fingerprint density at radius 3 is 2.61 bits per heavy atom. The number of amides is 2. The van der Waals surface area contributed by atoms with Crippen LogP contribution < -0.4 is 15.4 Å². The van der Waals surface area contributed by atoms with Crippen molar-refractivity contribution >= 4 is 11.8 Å². The summed E-state index contributed by atoms with van der Waals surface area (Å²) in [5.41, 5.74) is -0.859. The lowest BCUT2D eigenvalue weighted by Crippen LogP contribution is -2.46. The van der Waals surface area contributed by atoms with Gasteiger partial charge in [-0.05, 0) is 31.5 Å². The zero-order chi connectivity index (χ0) is 17.5. The van der Waals surface area contributed by atoms with E-state index in [-0.39, 0.29) is 11.7 Å². The van der Waals surface area contributed by atoms with E-state index < -0.39 is 30.3 Å². The maximum Gasteiger partial charge on any atom is 0.416 e. The number of alkyl halides is 3. The van der Waals surface area contributed by atoms with Crippen LogP contribution in [0.1, 0.15) is 25.8 Å². The monoisotopic (exact) mass is 332 g/mol. The maximum atomic E-state index is 12.6. The normalized spacial score (nSPS) is 12.4. The van der Waals surface area contributed by atoms with Crippen molar-refractivity contribution in [3.63, 3.8) is 0 Å². The van der Waals surface area contributed by atoms with Gasteiger partial charge in [-0.15, -0.1) is 0 Å². The van der Waals surface area contributed by atoms with Gasteiger partial charge in [-0.1, -0.05) is 13.0 Å². The van der Waals surface area contributed by atoms with Gasteiger partial charge >= 0.3 is 6.18 Å². The molecule has 0 aromatic heterocycles. The minimum absolute atomic E-state index is 0.0712. The summed E-state index contributed by atoms with van der Waals surface area (Å²) in [5.74, 6) is -1.00. The molecule has 23 heavy (non-hydrogen) atoms. The topological polar surface area (TPSA) is 67.4 Å². The fourth-order valence-electron chi connectivity index (χ4n) is 1.66. The number of rotatable bonds is 7. The van der Waals surface area contributed by atoms with Gasteiger partial charge in [0.15, 0.2) is 6.61 Å². The molecule has 128 valence electrons. The Kier molecular flexibility index (Phi) is 6.87. The van der Waals surface area contributed by atoms with E-state index in [0.717, 1.165) is 18.6 Å². The molecule has 0 bridgehead atoms. The number of benzene rings is 1. The highest BCUT2D eigenvalue weighted by atomic mass is 19.4. The van der Waals surface area contributed by atoms with Gasteiger partial charge in [0.2, 0.25) is 5.91 Å². The second-order valence-corrected chi connectivity index (χ2v) is 4.89. The first-order valence-corrected chi connectivity index (χ1v) is 7.11. The highest BCUT2D eigenvalue weighted by Gasteiger charge is 2.30. The van der Waals surface area contributed by atoms with Crippen LogP contribution in [0.15, 0.2) is 24.3 Å². The predicted octanol–water partition coefficient (Wildman–Crippen LogP) is 2.12. The largest absolute Gasteiger partial charge is 0.484 e. The standard InChI is InChI=1S/C15H19F3N2O3/c1-3-7-19-14(22)10(2)20-13(21)9-23-12-6-4-5-11(8-12)15(16,17)18/h4-6,8,10H,3,7,9H2,1-2H3,(H,19,22)(H,20,21)/t10-/m0/s1. The Hall–Kier alpha value is -2.25. The summed E-state index contributed by atoms with van der Waals surface area (Å²) in [7, 11) is 0. The zero-order valence-corrected chi connectivity index (χ0v) is 12.9. The van der Waals surface area contributed by atoms with Crippen molar-refractivity contribution in [2.75, 3.05) is 13.2 Å². The first-order valence-electron chi connectivity index (χ1n) is 7.11. The summed E-state index contributed by atoms with van der Waals surface area (Å²) in [6.07, 6.45) is -3.71. The molecule has 1 aromatic rings. The Labute approximate surface area is 132 Å². The summed E-state index contributed by atoms with van der Waals surface area (Å²) in [6, 6.07) is 3.48. The van der Waals surface area contributed by atoms with Gasteiger partial charge < -0.3 is 15.4 Å². The molecule has 0 aliphatic rings. The van der Waals surface area contributed by atoms with Gasteiger partial charge in [0, 0.05) is 6.54 Å². The maximum absolute atomic E-state index is 12.6. The second-order valence-electron chi connectivity index (χ2n) is 4.89. The van der Waals surface area contributed by atoms with E-state index in [1.165, 1.54) is 19.1 Å². The van der Waals surface area contributed by atoms with Crippen LogP contribution in [0.2, 0.25) is 0 Å². The molecule has 8 heteroatoms. The van der Waals surface area contributed by atoms with Crippen molar-refractivity contribution in [2.45, 2.75) is 32.5 Å². The van der Waals surface area contributed by atoms with Crippen LogP contribution in [-0.2, 0) is 15.8 Å². The molecule has 2 amide bonds. The summed E-state index contributed by atoms with van der Waals surface area (Å²) in [4.78, 5) is 23.2. The van der Waals surface area contributed by atoms with Crippen LogP contribution in [0.5, 0.6) is 5.75 Å². The number of ether oxygens (including phenoxy) is 1. The molecule has 0 aliphatic carbocycles. The van der Waals surface area contributed by atoms with Crippen molar-refractivity contribution in [1.29, 1.82) is 0 Å². The third-order valence-electron chi connectivity index (χ3n) is 2.85. The highest BCUT2D eigenvalue weighted by molar-refractivity contribution is 5.87. The van der Waals surface area contributed by atoms with Crippen molar-refractivity contribution in [3.8, 4) is 5.75 Å². The molecular formula is C15H19F3N2O3. The van der Waals surface area contributed by atoms with Gasteiger partial charge in [-0.3, -0.25) is 9.59 Å². The SMILES string of the molecule is CCCNC(=O)[C@H](C)NC(=O)COc1cccc(C(F)(F)F)c1. The molecule has 1 atom stereocenters. The number of carbonyl (C=O) groups is 2. The molecule has 1 rings (SSSR count). The first kappa shape index (κ1) is 18.8. The minimum atomic E-state index is -4.48. The van der Waals surface area contributed by atoms with Crippen LogP contribution in [0.3, 0.4) is 0 Å². The van der Waals surface area contributed by atoms with Crippen molar-refractivity contribution in [1.82, 2.24) is 10.6 Å². The molecule has 0 aliphatic heterocycles. The third kappa shape index (κ3) is 6.58. The van der Waals surface area contributed by atoms with E-state index in [1.807, 2.05) is 6.92 Å². The molecule has 1 aromatic carbocycles. The summed E-state index contributed by atoms with van der Waals surface area (Å²) in [5, 5.41) is 5.02. The molecule has 0 saturated heterocycles. The minimum Gasteiger partial charge on any atom is -0.484 e. The van der Waals surface area contributed by atoms with Crippen molar-refractivity contribution < 1.29 is 27.5 Å². The number of nitrogens with one attached hydrogen (secondary N) is 2. The fourth-order valence-corrected chi connectivity index (χ4v) is 1.66. The average molecular weight is 332 g/mol. The molecule has 5 nitrogen and oxygen atoms in total. The zero-order valence-electron chi connectivity index (χ0n) is 12.9. The van der Waals surface area contributed by atoms with E-state index in [9.17, 15) is 22.8 Å². The first-order chi connectivity index (χ1) is 10.7. The number of hydrogen-bond acceptors (Lipinski definition) is 3. The average Bonchev–Trinajstić information content (AvgIpc) is 2.50. The molecule has 0 radical (unpaired) electrons. The highest BCUT2D eigenvalue weighted by Crippen LogP contribution is 2.31. The molecule has 0 fully saturated rings. The lowest BCUT2D eigenvalue weighted by atomic mass is 10.2. The van der Waals surface area contributed by atoms with E-state index >= 15 is 0 Å². The predicted molar refractivity (Wildman–Crippen MR) is 77.8 cm³/mol. The van der Waals surface area contributed by atoms with Crippen LogP contribution in [0, 0.1) is 0 Å². The smallest absolute Gasteiger partial charge is 0.416 e. The molecule has 0 unspecified atom stereocenters. The summed E-state index contributed by atoms with van der Waals surface area (Å²) >= 11 is 0. The van der Waals surface area contributed by atoms with Gasteiger partial charge in [-0.25, -0.2) is 0 Å². The number of halogens is 3. The molecule has 2 N–H and O–H groups in total. The van der Waals surface area contributed by atoms with Crippen LogP contribution in [0.25, 0.3) is 0 Å². The van der Waals surface area contributed by atoms with Crippen molar-refractivity contribution in [2.24, 2.45) is 0 Å². The van der Waals surface area contributed by atoms with E-state index in [2.05, 4.69) is 10.6 Å². The van der Waals surface area contributed by atoms with Gasteiger partial charge in [-0.2, -0.15) is 13.2 Å². The Morgan fingerprint density at radius 2 is 2.00 bits per heavy atom. The van der Waals surface area contributed by atoms with Crippen LogP contribution >= 0.6 is 0 Å². The third-order valence-corrected chi connectivity index (χ3v) is 2.85. The summed E-state index contributed by atoms with van der Waals surface area (Å²) < 4.78 is 42.7.